The van der Waals surface area contributed by atoms with Gasteiger partial charge in [-0.3, -0.25) is 0 Å². The third kappa shape index (κ3) is 3.09. The molecule has 0 aliphatic rings. The van der Waals surface area contributed by atoms with E-state index in [-0.39, 0.29) is 0 Å². The van der Waals surface area contributed by atoms with Crippen molar-refractivity contribution in [3.8, 4) is 6.07 Å². The van der Waals surface area contributed by atoms with Crippen LogP contribution in [0.5, 0.6) is 0 Å². The molecule has 0 aliphatic heterocycles. The van der Waals surface area contributed by atoms with Crippen molar-refractivity contribution in [2.45, 2.75) is 13.5 Å². The smallest absolute Gasteiger partial charge is 0.0991 e. The zero-order chi connectivity index (χ0) is 12.8. The van der Waals surface area contributed by atoms with E-state index in [2.05, 4.69) is 16.9 Å². The van der Waals surface area contributed by atoms with Gasteiger partial charge in [0.1, 0.15) is 0 Å². The first kappa shape index (κ1) is 12.2. The number of rotatable bonds is 4. The third-order valence-electron chi connectivity index (χ3n) is 2.76. The van der Waals surface area contributed by atoms with Gasteiger partial charge in [-0.25, -0.2) is 5.43 Å². The maximum Gasteiger partial charge on any atom is 0.0991 e. The van der Waals surface area contributed by atoms with Crippen LogP contribution in [-0.2, 0) is 6.54 Å². The summed E-state index contributed by atoms with van der Waals surface area (Å²) in [6.45, 7) is 2.72. The van der Waals surface area contributed by atoms with E-state index in [4.69, 9.17) is 5.26 Å². The molecule has 0 aromatic heterocycles. The minimum absolute atomic E-state index is 0.677. The Kier molecular flexibility index (Phi) is 3.95. The molecule has 0 unspecified atom stereocenters. The Morgan fingerprint density at radius 1 is 1.11 bits per heavy atom. The lowest BCUT2D eigenvalue weighted by molar-refractivity contribution is 0.796. The summed E-state index contributed by atoms with van der Waals surface area (Å²) >= 11 is 0. The van der Waals surface area contributed by atoms with Gasteiger partial charge in [0.2, 0.25) is 0 Å². The number of benzene rings is 2. The van der Waals surface area contributed by atoms with E-state index < -0.39 is 0 Å². The van der Waals surface area contributed by atoms with Crippen LogP contribution in [0.4, 0.5) is 5.69 Å². The number of aryl methyl sites for hydroxylation is 1. The van der Waals surface area contributed by atoms with Gasteiger partial charge in [0.05, 0.1) is 11.6 Å². The second-order valence-corrected chi connectivity index (χ2v) is 4.10. The quantitative estimate of drug-likeness (QED) is 0.804. The first-order valence-electron chi connectivity index (χ1n) is 5.83. The number of nitrogens with one attached hydrogen (secondary N) is 2. The van der Waals surface area contributed by atoms with E-state index in [0.29, 0.717) is 12.1 Å². The van der Waals surface area contributed by atoms with Crippen LogP contribution in [-0.4, -0.2) is 0 Å². The van der Waals surface area contributed by atoms with Gasteiger partial charge in [-0.15, -0.1) is 0 Å². The molecule has 2 N–H and O–H groups in total. The minimum Gasteiger partial charge on any atom is -0.321 e. The summed E-state index contributed by atoms with van der Waals surface area (Å²) in [7, 11) is 0. The van der Waals surface area contributed by atoms with E-state index in [1.54, 1.807) is 0 Å². The Balaban J connectivity index is 1.96. The predicted molar refractivity (Wildman–Crippen MR) is 72.8 cm³/mol. The molecule has 2 rings (SSSR count). The Morgan fingerprint density at radius 3 is 2.61 bits per heavy atom. The largest absolute Gasteiger partial charge is 0.321 e. The van der Waals surface area contributed by atoms with Crippen LogP contribution in [0, 0.1) is 18.3 Å². The van der Waals surface area contributed by atoms with Gasteiger partial charge < -0.3 is 5.43 Å². The highest BCUT2D eigenvalue weighted by molar-refractivity contribution is 5.42. The molecule has 3 heteroatoms. The molecule has 0 heterocycles. The lowest BCUT2D eigenvalue weighted by Gasteiger charge is -2.10. The zero-order valence-corrected chi connectivity index (χ0v) is 10.3. The second-order valence-electron chi connectivity index (χ2n) is 4.10. The number of hydrogen-bond acceptors (Lipinski definition) is 3. The molecule has 2 aromatic carbocycles. The van der Waals surface area contributed by atoms with Crippen LogP contribution in [0.3, 0.4) is 0 Å². The lowest BCUT2D eigenvalue weighted by Crippen LogP contribution is -2.21. The van der Waals surface area contributed by atoms with Crippen LogP contribution >= 0.6 is 0 Å². The van der Waals surface area contributed by atoms with Crippen molar-refractivity contribution in [2.24, 2.45) is 0 Å². The van der Waals surface area contributed by atoms with E-state index in [9.17, 15) is 0 Å². The zero-order valence-electron chi connectivity index (χ0n) is 10.3. The SMILES string of the molecule is Cc1ccc(C#N)cc1CNNc1ccccc1. The van der Waals surface area contributed by atoms with Gasteiger partial charge >= 0.3 is 0 Å². The second kappa shape index (κ2) is 5.85. The van der Waals surface area contributed by atoms with E-state index in [1.807, 2.05) is 55.5 Å². The van der Waals surface area contributed by atoms with Crippen LogP contribution in [0.1, 0.15) is 16.7 Å². The predicted octanol–water partition coefficient (Wildman–Crippen LogP) is 2.98. The van der Waals surface area contributed by atoms with E-state index in [0.717, 1.165) is 11.3 Å². The summed E-state index contributed by atoms with van der Waals surface area (Å²) in [4.78, 5) is 0. The fraction of sp³-hybridized carbons (Fsp3) is 0.133. The summed E-state index contributed by atoms with van der Waals surface area (Å²) in [5.74, 6) is 0. The van der Waals surface area contributed by atoms with Crippen molar-refractivity contribution in [2.75, 3.05) is 5.43 Å². The van der Waals surface area contributed by atoms with E-state index >= 15 is 0 Å². The minimum atomic E-state index is 0.677. The molecule has 0 bridgehead atoms. The average Bonchev–Trinajstić information content (AvgIpc) is 2.42. The van der Waals surface area contributed by atoms with Gasteiger partial charge in [-0.05, 0) is 42.3 Å². The van der Waals surface area contributed by atoms with Crippen molar-refractivity contribution >= 4 is 5.69 Å². The van der Waals surface area contributed by atoms with Gasteiger partial charge in [0.25, 0.3) is 0 Å². The summed E-state index contributed by atoms with van der Waals surface area (Å²) in [6.07, 6.45) is 0. The molecule has 0 amide bonds. The molecule has 2 aromatic rings. The molecule has 0 radical (unpaired) electrons. The Morgan fingerprint density at radius 2 is 1.89 bits per heavy atom. The van der Waals surface area contributed by atoms with Crippen molar-refractivity contribution in [1.82, 2.24) is 5.43 Å². The maximum atomic E-state index is 8.87. The van der Waals surface area contributed by atoms with Crippen LogP contribution in [0.25, 0.3) is 0 Å². The number of hydrazine groups is 1. The van der Waals surface area contributed by atoms with Gasteiger partial charge in [-0.1, -0.05) is 24.3 Å². The van der Waals surface area contributed by atoms with Crippen LogP contribution < -0.4 is 10.9 Å². The molecule has 18 heavy (non-hydrogen) atoms. The molecule has 0 fully saturated rings. The van der Waals surface area contributed by atoms with Crippen molar-refractivity contribution in [1.29, 1.82) is 5.26 Å². The van der Waals surface area contributed by atoms with Crippen LogP contribution in [0.2, 0.25) is 0 Å². The molecule has 0 saturated heterocycles. The highest BCUT2D eigenvalue weighted by atomic mass is 15.3. The molecule has 0 aliphatic carbocycles. The van der Waals surface area contributed by atoms with Crippen molar-refractivity contribution in [3.63, 3.8) is 0 Å². The summed E-state index contributed by atoms with van der Waals surface area (Å²) in [5, 5.41) is 8.87. The van der Waals surface area contributed by atoms with Crippen LogP contribution in [0.15, 0.2) is 48.5 Å². The summed E-state index contributed by atoms with van der Waals surface area (Å²) in [5.41, 5.74) is 10.3. The normalized spacial score (nSPS) is 9.78. The molecular weight excluding hydrogens is 222 g/mol. The van der Waals surface area contributed by atoms with Crippen molar-refractivity contribution < 1.29 is 0 Å². The molecule has 3 nitrogen and oxygen atoms in total. The number of hydrogen-bond donors (Lipinski definition) is 2. The Bertz CT molecular complexity index is 556. The molecular formula is C15H15N3. The number of nitrogens with zero attached hydrogens (tertiary/aromatic N) is 1. The Hall–Kier alpha value is -2.31. The summed E-state index contributed by atoms with van der Waals surface area (Å²) in [6, 6.07) is 17.8. The highest BCUT2D eigenvalue weighted by Gasteiger charge is 1.99. The standard InChI is InChI=1S/C15H15N3/c1-12-7-8-13(10-16)9-14(12)11-17-18-15-5-3-2-4-6-15/h2-9,17-18H,11H2,1H3. The third-order valence-corrected chi connectivity index (χ3v) is 2.76. The first-order chi connectivity index (χ1) is 8.79. The van der Waals surface area contributed by atoms with Gasteiger partial charge in [0.15, 0.2) is 0 Å². The molecule has 0 atom stereocenters. The Labute approximate surface area is 107 Å². The first-order valence-corrected chi connectivity index (χ1v) is 5.83. The molecule has 0 saturated carbocycles. The monoisotopic (exact) mass is 237 g/mol. The fourth-order valence-corrected chi connectivity index (χ4v) is 1.69. The van der Waals surface area contributed by atoms with Crippen molar-refractivity contribution in [3.05, 3.63) is 65.2 Å². The topological polar surface area (TPSA) is 47.9 Å². The average molecular weight is 237 g/mol. The number of anilines is 1. The van der Waals surface area contributed by atoms with E-state index in [1.165, 1.54) is 5.56 Å². The highest BCUT2D eigenvalue weighted by Crippen LogP contribution is 2.10. The maximum absolute atomic E-state index is 8.87. The van der Waals surface area contributed by atoms with Gasteiger partial charge in [0, 0.05) is 12.2 Å². The molecule has 0 spiro atoms. The fourth-order valence-electron chi connectivity index (χ4n) is 1.69. The summed E-state index contributed by atoms with van der Waals surface area (Å²) < 4.78 is 0. The lowest BCUT2D eigenvalue weighted by atomic mass is 10.1. The number of nitriles is 1. The van der Waals surface area contributed by atoms with Gasteiger partial charge in [-0.2, -0.15) is 5.26 Å². The molecule has 90 valence electrons. The number of para-hydroxylation sites is 1.